The molecule has 1 nitrogen and oxygen atoms in total. The molecule has 0 bridgehead atoms. The number of nitriles is 1. The molecule has 1 fully saturated rings. The molecule has 0 aromatic rings. The molecule has 1 heteroatoms. The molecule has 0 aromatic carbocycles. The maximum atomic E-state index is 8.52. The van der Waals surface area contributed by atoms with E-state index in [-0.39, 0.29) is 0 Å². The molecule has 1 aliphatic carbocycles. The third-order valence-electron chi connectivity index (χ3n) is 3.46. The molecule has 0 N–H and O–H groups in total. The molecule has 0 saturated heterocycles. The van der Waals surface area contributed by atoms with Gasteiger partial charge in [0.15, 0.2) is 0 Å². The summed E-state index contributed by atoms with van der Waals surface area (Å²) in [6, 6.07) is 2.26. The number of nitrogens with zero attached hydrogens (tertiary/aromatic N) is 1. The van der Waals surface area contributed by atoms with Gasteiger partial charge in [0.2, 0.25) is 0 Å². The second kappa shape index (κ2) is 2.24. The van der Waals surface area contributed by atoms with E-state index in [0.717, 1.165) is 6.42 Å². The molecule has 0 aliphatic heterocycles. The van der Waals surface area contributed by atoms with Crippen molar-refractivity contribution in [2.45, 2.75) is 40.5 Å². The molecule has 1 aliphatic rings. The Kier molecular flexibility index (Phi) is 1.75. The van der Waals surface area contributed by atoms with E-state index < -0.39 is 0 Å². The molecular formula is C10H17N. The van der Waals surface area contributed by atoms with E-state index in [9.17, 15) is 0 Å². The van der Waals surface area contributed by atoms with Crippen LogP contribution in [-0.2, 0) is 0 Å². The summed E-state index contributed by atoms with van der Waals surface area (Å²) < 4.78 is 0. The van der Waals surface area contributed by atoms with Gasteiger partial charge < -0.3 is 0 Å². The van der Waals surface area contributed by atoms with Gasteiger partial charge in [-0.1, -0.05) is 27.7 Å². The Morgan fingerprint density at radius 3 is 2.36 bits per heavy atom. The predicted octanol–water partition coefficient (Wildman–Crippen LogP) is 2.97. The number of rotatable bonds is 1. The van der Waals surface area contributed by atoms with Crippen LogP contribution in [0.5, 0.6) is 0 Å². The normalized spacial score (nSPS) is 36.5. The van der Waals surface area contributed by atoms with E-state index >= 15 is 0 Å². The molecular weight excluding hydrogens is 134 g/mol. The molecule has 0 heterocycles. The van der Waals surface area contributed by atoms with Crippen molar-refractivity contribution in [1.29, 1.82) is 5.26 Å². The highest BCUT2D eigenvalue weighted by Gasteiger charge is 2.56. The lowest BCUT2D eigenvalue weighted by molar-refractivity contribution is 0.214. The van der Waals surface area contributed by atoms with Crippen molar-refractivity contribution >= 4 is 0 Å². The van der Waals surface area contributed by atoms with Crippen molar-refractivity contribution in [3.8, 4) is 6.07 Å². The van der Waals surface area contributed by atoms with Crippen LogP contribution in [0.2, 0.25) is 0 Å². The van der Waals surface area contributed by atoms with E-state index in [0.29, 0.717) is 16.7 Å². The maximum absolute atomic E-state index is 8.52. The van der Waals surface area contributed by atoms with E-state index in [4.69, 9.17) is 5.26 Å². The van der Waals surface area contributed by atoms with Crippen LogP contribution in [0, 0.1) is 28.1 Å². The average molecular weight is 151 g/mol. The predicted molar refractivity (Wildman–Crippen MR) is 45.9 cm³/mol. The van der Waals surface area contributed by atoms with Crippen molar-refractivity contribution in [1.82, 2.24) is 0 Å². The van der Waals surface area contributed by atoms with Crippen molar-refractivity contribution < 1.29 is 0 Å². The zero-order valence-corrected chi connectivity index (χ0v) is 7.94. The first kappa shape index (κ1) is 8.59. The monoisotopic (exact) mass is 151 g/mol. The Morgan fingerprint density at radius 2 is 2.09 bits per heavy atom. The fourth-order valence-corrected chi connectivity index (χ4v) is 1.78. The van der Waals surface area contributed by atoms with Crippen LogP contribution in [0.3, 0.4) is 0 Å². The third-order valence-corrected chi connectivity index (χ3v) is 3.46. The van der Waals surface area contributed by atoms with Crippen LogP contribution in [0.1, 0.15) is 40.5 Å². The lowest BCUT2D eigenvalue weighted by atomic mass is 9.77. The van der Waals surface area contributed by atoms with Crippen LogP contribution in [-0.4, -0.2) is 0 Å². The molecule has 62 valence electrons. The largest absolute Gasteiger partial charge is 0.198 e. The van der Waals surface area contributed by atoms with Gasteiger partial charge in [0.05, 0.1) is 6.07 Å². The maximum Gasteiger partial charge on any atom is 0.0624 e. The van der Waals surface area contributed by atoms with Crippen LogP contribution < -0.4 is 0 Å². The second-order valence-corrected chi connectivity index (χ2v) is 4.93. The molecule has 0 unspecified atom stereocenters. The minimum absolute atomic E-state index is 0.370. The van der Waals surface area contributed by atoms with E-state index in [1.54, 1.807) is 0 Å². The molecule has 0 amide bonds. The van der Waals surface area contributed by atoms with Gasteiger partial charge in [-0.15, -0.1) is 0 Å². The average Bonchev–Trinajstić information content (AvgIpc) is 2.43. The van der Waals surface area contributed by atoms with E-state index in [1.165, 1.54) is 6.42 Å². The van der Waals surface area contributed by atoms with Crippen LogP contribution >= 0.6 is 0 Å². The minimum Gasteiger partial charge on any atom is -0.198 e. The van der Waals surface area contributed by atoms with Gasteiger partial charge in [-0.2, -0.15) is 5.26 Å². The minimum atomic E-state index is 0.370. The van der Waals surface area contributed by atoms with Gasteiger partial charge >= 0.3 is 0 Å². The highest BCUT2D eigenvalue weighted by molar-refractivity contribution is 5.08. The Labute approximate surface area is 69.4 Å². The highest BCUT2D eigenvalue weighted by atomic mass is 14.6. The molecule has 1 rings (SSSR count). The van der Waals surface area contributed by atoms with Crippen LogP contribution in [0.4, 0.5) is 0 Å². The standard InChI is InChI=1S/C10H17N/c1-9(2,3)10(4)7-8(10)5-6-11/h8H,5,7H2,1-4H3/t8-,10+/m1/s1. The Hall–Kier alpha value is -0.510. The van der Waals surface area contributed by atoms with Gasteiger partial charge in [-0.05, 0) is 23.2 Å². The van der Waals surface area contributed by atoms with E-state index in [2.05, 4.69) is 33.8 Å². The molecule has 0 aromatic heterocycles. The van der Waals surface area contributed by atoms with Gasteiger partial charge in [0.25, 0.3) is 0 Å². The van der Waals surface area contributed by atoms with Crippen LogP contribution in [0.15, 0.2) is 0 Å². The van der Waals surface area contributed by atoms with Crippen molar-refractivity contribution in [3.63, 3.8) is 0 Å². The topological polar surface area (TPSA) is 23.8 Å². The summed E-state index contributed by atoms with van der Waals surface area (Å²) >= 11 is 0. The van der Waals surface area contributed by atoms with Gasteiger partial charge in [0, 0.05) is 6.42 Å². The van der Waals surface area contributed by atoms with Gasteiger partial charge in [-0.3, -0.25) is 0 Å². The zero-order chi connectivity index (χ0) is 8.70. The first-order valence-electron chi connectivity index (χ1n) is 4.29. The van der Waals surface area contributed by atoms with Crippen LogP contribution in [0.25, 0.3) is 0 Å². The smallest absolute Gasteiger partial charge is 0.0624 e. The summed E-state index contributed by atoms with van der Waals surface area (Å²) in [5, 5.41) is 8.52. The molecule has 2 atom stereocenters. The first-order chi connectivity index (χ1) is 4.92. The Morgan fingerprint density at radius 1 is 1.55 bits per heavy atom. The van der Waals surface area contributed by atoms with Gasteiger partial charge in [0.1, 0.15) is 0 Å². The summed E-state index contributed by atoms with van der Waals surface area (Å²) in [5.74, 6) is 0.660. The highest BCUT2D eigenvalue weighted by Crippen LogP contribution is 2.63. The molecule has 0 radical (unpaired) electrons. The lowest BCUT2D eigenvalue weighted by Crippen LogP contribution is -2.20. The lowest BCUT2D eigenvalue weighted by Gasteiger charge is -2.28. The number of hydrogen-bond acceptors (Lipinski definition) is 1. The summed E-state index contributed by atoms with van der Waals surface area (Å²) in [4.78, 5) is 0. The fraction of sp³-hybridized carbons (Fsp3) is 0.900. The van der Waals surface area contributed by atoms with Crippen molar-refractivity contribution in [2.24, 2.45) is 16.7 Å². The summed E-state index contributed by atoms with van der Waals surface area (Å²) in [6.45, 7) is 9.11. The fourth-order valence-electron chi connectivity index (χ4n) is 1.78. The SMILES string of the molecule is CC(C)(C)[C@@]1(C)C[C@H]1CC#N. The Bertz CT molecular complexity index is 194. The van der Waals surface area contributed by atoms with Crippen molar-refractivity contribution in [3.05, 3.63) is 0 Å². The number of hydrogen-bond donors (Lipinski definition) is 0. The second-order valence-electron chi connectivity index (χ2n) is 4.93. The first-order valence-corrected chi connectivity index (χ1v) is 4.29. The Balaban J connectivity index is 2.57. The molecule has 1 saturated carbocycles. The summed E-state index contributed by atoms with van der Waals surface area (Å²) in [6.07, 6.45) is 1.98. The molecule has 0 spiro atoms. The quantitative estimate of drug-likeness (QED) is 0.565. The summed E-state index contributed by atoms with van der Waals surface area (Å²) in [5.41, 5.74) is 0.803. The zero-order valence-electron chi connectivity index (χ0n) is 7.94. The molecule has 11 heavy (non-hydrogen) atoms. The summed E-state index contributed by atoms with van der Waals surface area (Å²) in [7, 11) is 0. The van der Waals surface area contributed by atoms with E-state index in [1.807, 2.05) is 0 Å². The third kappa shape index (κ3) is 1.27. The van der Waals surface area contributed by atoms with Crippen molar-refractivity contribution in [2.75, 3.05) is 0 Å². The van der Waals surface area contributed by atoms with Gasteiger partial charge in [-0.25, -0.2) is 0 Å².